The van der Waals surface area contributed by atoms with Gasteiger partial charge in [0.1, 0.15) is 0 Å². The smallest absolute Gasteiger partial charge is 0.224 e. The van der Waals surface area contributed by atoms with E-state index in [0.29, 0.717) is 0 Å². The van der Waals surface area contributed by atoms with Gasteiger partial charge in [-0.05, 0) is 0 Å². The molecule has 6 heteroatoms. The molecule has 0 N–H and O–H groups in total. The topological polar surface area (TPSA) is 34.1 Å². The van der Waals surface area contributed by atoms with Crippen LogP contribution in [0.2, 0.25) is 0 Å². The molecule has 1 rings (SSSR count). The lowest BCUT2D eigenvalue weighted by Gasteiger charge is -2.16. The maximum absolute atomic E-state index is 11.5. The van der Waals surface area contributed by atoms with Crippen LogP contribution in [-0.2, 0) is 9.84 Å². The molecule has 0 amide bonds. The Morgan fingerprint density at radius 2 is 1.80 bits per heavy atom. The summed E-state index contributed by atoms with van der Waals surface area (Å²) in [5.74, 6) is -0.865. The Bertz CT molecular complexity index is 271. The molecule has 1 heterocycles. The van der Waals surface area contributed by atoms with Gasteiger partial charge in [-0.1, -0.05) is 0 Å². The average molecular weight is 172 g/mol. The van der Waals surface area contributed by atoms with E-state index < -0.39 is 27.3 Å². The van der Waals surface area contributed by atoms with Gasteiger partial charge in [-0.3, -0.25) is 0 Å². The largest absolute Gasteiger partial charge is 0.414 e. The highest BCUT2D eigenvalue weighted by molar-refractivity contribution is 7.95. The molecule has 0 spiro atoms. The van der Waals surface area contributed by atoms with Gasteiger partial charge in [0.15, 0.2) is 9.84 Å². The van der Waals surface area contributed by atoms with Crippen molar-refractivity contribution in [3.05, 3.63) is 11.0 Å². The minimum atomic E-state index is -4.47. The predicted molar refractivity (Wildman–Crippen MR) is 27.9 cm³/mol. The van der Waals surface area contributed by atoms with Crippen molar-refractivity contribution in [3.63, 3.8) is 0 Å². The summed E-state index contributed by atoms with van der Waals surface area (Å²) in [6.07, 6.45) is -4.47. The van der Waals surface area contributed by atoms with Crippen LogP contribution in [0, 0.1) is 0 Å². The van der Waals surface area contributed by atoms with E-state index in [1.807, 2.05) is 0 Å². The fraction of sp³-hybridized carbons (Fsp3) is 0.500. The van der Waals surface area contributed by atoms with Gasteiger partial charge in [0, 0.05) is 5.41 Å². The molecule has 0 radical (unpaired) electrons. The molecular weight excluding hydrogens is 169 g/mol. The van der Waals surface area contributed by atoms with Crippen LogP contribution in [0.5, 0.6) is 0 Å². The van der Waals surface area contributed by atoms with Crippen molar-refractivity contribution in [3.8, 4) is 0 Å². The fourth-order valence-corrected chi connectivity index (χ4v) is 1.68. The van der Waals surface area contributed by atoms with Gasteiger partial charge in [0.05, 0.1) is 11.3 Å². The first-order valence-electron chi connectivity index (χ1n) is 2.32. The van der Waals surface area contributed by atoms with Crippen LogP contribution in [0.25, 0.3) is 0 Å². The number of halogens is 3. The third-order valence-electron chi connectivity index (χ3n) is 1.04. The zero-order valence-electron chi connectivity index (χ0n) is 4.64. The minimum absolute atomic E-state index is 0.257. The van der Waals surface area contributed by atoms with Crippen LogP contribution >= 0.6 is 0 Å². The first-order valence-corrected chi connectivity index (χ1v) is 4.03. The molecule has 1 aliphatic rings. The van der Waals surface area contributed by atoms with E-state index >= 15 is 0 Å². The van der Waals surface area contributed by atoms with Gasteiger partial charge in [-0.15, -0.1) is 0 Å². The second kappa shape index (κ2) is 1.75. The zero-order valence-corrected chi connectivity index (χ0v) is 5.46. The van der Waals surface area contributed by atoms with E-state index in [1.165, 1.54) is 0 Å². The summed E-state index contributed by atoms with van der Waals surface area (Å²) < 4.78 is 54.9. The first kappa shape index (κ1) is 7.59. The van der Waals surface area contributed by atoms with Gasteiger partial charge in [0.2, 0.25) is 0 Å². The molecule has 1 aliphatic heterocycles. The first-order chi connectivity index (χ1) is 4.31. The molecule has 0 unspecified atom stereocenters. The second-order valence-corrected chi connectivity index (χ2v) is 3.80. The SMILES string of the molecule is O=S1(=O)C=C(C(F)(F)F)C1. The number of hydrogen-bond donors (Lipinski definition) is 0. The van der Waals surface area contributed by atoms with Crippen LogP contribution in [0.1, 0.15) is 0 Å². The maximum Gasteiger partial charge on any atom is 0.414 e. The highest BCUT2D eigenvalue weighted by Crippen LogP contribution is 2.32. The Balaban J connectivity index is 2.87. The van der Waals surface area contributed by atoms with E-state index in [-0.39, 0.29) is 5.41 Å². The zero-order chi connectivity index (χ0) is 7.99. The Hall–Kier alpha value is -0.520. The van der Waals surface area contributed by atoms with Crippen LogP contribution in [0.15, 0.2) is 11.0 Å². The monoisotopic (exact) mass is 172 g/mol. The van der Waals surface area contributed by atoms with Crippen molar-refractivity contribution in [1.82, 2.24) is 0 Å². The normalized spacial score (nSPS) is 23.3. The van der Waals surface area contributed by atoms with Crippen LogP contribution in [0.4, 0.5) is 13.2 Å². The van der Waals surface area contributed by atoms with Crippen LogP contribution in [-0.4, -0.2) is 20.3 Å². The molecule has 0 aromatic heterocycles. The van der Waals surface area contributed by atoms with Crippen LogP contribution < -0.4 is 0 Å². The summed E-state index contributed by atoms with van der Waals surface area (Å²) in [6, 6.07) is 0. The van der Waals surface area contributed by atoms with Gasteiger partial charge in [0.25, 0.3) is 0 Å². The molecule has 10 heavy (non-hydrogen) atoms. The predicted octanol–water partition coefficient (Wildman–Crippen LogP) is 0.861. The average Bonchev–Trinajstić information content (AvgIpc) is 1.56. The highest BCUT2D eigenvalue weighted by Gasteiger charge is 2.42. The Morgan fingerprint density at radius 1 is 1.40 bits per heavy atom. The lowest BCUT2D eigenvalue weighted by molar-refractivity contribution is -0.0915. The molecule has 0 atom stereocenters. The Labute approximate surface area is 55.3 Å². The van der Waals surface area contributed by atoms with Gasteiger partial charge < -0.3 is 0 Å². The summed E-state index contributed by atoms with van der Waals surface area (Å²) in [7, 11) is -3.50. The van der Waals surface area contributed by atoms with E-state index in [0.717, 1.165) is 0 Å². The summed E-state index contributed by atoms with van der Waals surface area (Å²) in [6.45, 7) is 0. The Kier molecular flexibility index (Phi) is 1.33. The summed E-state index contributed by atoms with van der Waals surface area (Å²) in [5, 5.41) is 0.257. The van der Waals surface area contributed by atoms with Crippen LogP contribution in [0.3, 0.4) is 0 Å². The number of rotatable bonds is 0. The summed E-state index contributed by atoms with van der Waals surface area (Å²) in [5.41, 5.74) is -0.965. The quantitative estimate of drug-likeness (QED) is 0.543. The van der Waals surface area contributed by atoms with E-state index in [1.54, 1.807) is 0 Å². The summed E-state index contributed by atoms with van der Waals surface area (Å²) in [4.78, 5) is 0. The number of sulfone groups is 1. The van der Waals surface area contributed by atoms with Crippen molar-refractivity contribution in [2.45, 2.75) is 6.18 Å². The van der Waals surface area contributed by atoms with Crippen molar-refractivity contribution >= 4 is 9.84 Å². The second-order valence-electron chi connectivity index (χ2n) is 1.95. The van der Waals surface area contributed by atoms with Gasteiger partial charge in [-0.25, -0.2) is 8.42 Å². The van der Waals surface area contributed by atoms with E-state index in [2.05, 4.69) is 0 Å². The molecule has 0 aromatic carbocycles. The van der Waals surface area contributed by atoms with E-state index in [9.17, 15) is 21.6 Å². The molecule has 0 bridgehead atoms. The third-order valence-corrected chi connectivity index (χ3v) is 2.40. The summed E-state index contributed by atoms with van der Waals surface area (Å²) >= 11 is 0. The molecule has 0 aromatic rings. The van der Waals surface area contributed by atoms with Crippen molar-refractivity contribution in [2.75, 3.05) is 5.75 Å². The molecule has 0 saturated carbocycles. The fourth-order valence-electron chi connectivity index (χ4n) is 0.558. The van der Waals surface area contributed by atoms with Crippen molar-refractivity contribution < 1.29 is 21.6 Å². The van der Waals surface area contributed by atoms with Crippen molar-refractivity contribution in [2.24, 2.45) is 0 Å². The van der Waals surface area contributed by atoms with Gasteiger partial charge >= 0.3 is 6.18 Å². The van der Waals surface area contributed by atoms with E-state index in [4.69, 9.17) is 0 Å². The molecule has 0 aliphatic carbocycles. The third kappa shape index (κ3) is 1.31. The molecule has 58 valence electrons. The highest BCUT2D eigenvalue weighted by atomic mass is 32.2. The molecule has 0 fully saturated rings. The lowest BCUT2D eigenvalue weighted by Crippen LogP contribution is -2.27. The molecule has 0 saturated heterocycles. The number of alkyl halides is 3. The maximum atomic E-state index is 11.5. The lowest BCUT2D eigenvalue weighted by atomic mass is 10.3. The Morgan fingerprint density at radius 3 is 1.90 bits per heavy atom. The molecular formula is C4H3F3O2S. The number of hydrogen-bond acceptors (Lipinski definition) is 2. The minimum Gasteiger partial charge on any atom is -0.224 e. The van der Waals surface area contributed by atoms with Gasteiger partial charge in [-0.2, -0.15) is 13.2 Å². The van der Waals surface area contributed by atoms with Crippen molar-refractivity contribution in [1.29, 1.82) is 0 Å². The standard InChI is InChI=1S/C4H3F3O2S/c5-4(6,7)3-1-10(8,9)2-3/h1H,2H2. The molecule has 2 nitrogen and oxygen atoms in total.